The molecule has 8 amide bonds. The lowest BCUT2D eigenvalue weighted by atomic mass is 9.80. The topological polar surface area (TPSA) is 397 Å². The Labute approximate surface area is 478 Å². The highest BCUT2D eigenvalue weighted by Crippen LogP contribution is 2.25. The van der Waals surface area contributed by atoms with E-state index in [1.165, 1.54) is 55.0 Å². The molecule has 3 fully saturated rings. The quantitative estimate of drug-likeness (QED) is 0.0435. The first-order chi connectivity index (χ1) is 38.9. The smallest absolute Gasteiger partial charge is 0.488 e. The Morgan fingerprint density at radius 2 is 1.32 bits per heavy atom. The van der Waals surface area contributed by atoms with Gasteiger partial charge in [0.15, 0.2) is 0 Å². The number of hydrogen-bond acceptors (Lipinski definition) is 17. The van der Waals surface area contributed by atoms with Crippen LogP contribution in [0.25, 0.3) is 0 Å². The third-order valence-corrected chi connectivity index (χ3v) is 15.5. The predicted octanol–water partition coefficient (Wildman–Crippen LogP) is -2.32. The van der Waals surface area contributed by atoms with Crippen LogP contribution in [-0.2, 0) is 44.8 Å². The zero-order valence-corrected chi connectivity index (χ0v) is 47.2. The number of benzene rings is 2. The van der Waals surface area contributed by atoms with Gasteiger partial charge in [0.05, 0.1) is 43.0 Å². The van der Waals surface area contributed by atoms with E-state index in [9.17, 15) is 84.2 Å². The number of amides is 8. The molecular weight excluding hydrogens is 1070 g/mol. The second-order valence-corrected chi connectivity index (χ2v) is 22.5. The van der Waals surface area contributed by atoms with Crippen LogP contribution in [0, 0.1) is 11.8 Å². The monoisotopic (exact) mass is 1150 g/mol. The number of fused-ring (bicyclic) bond motifs is 2. The van der Waals surface area contributed by atoms with Gasteiger partial charge < -0.3 is 87.5 Å². The minimum atomic E-state index is -2.18. The number of unbranched alkanes of at least 4 members (excludes halogenated alkanes) is 5. The van der Waals surface area contributed by atoms with Crippen molar-refractivity contribution < 1.29 is 84.2 Å². The van der Waals surface area contributed by atoms with E-state index in [0.717, 1.165) is 61.7 Å². The number of nitrogens with one attached hydrogen (secondary N) is 6. The lowest BCUT2D eigenvalue weighted by molar-refractivity contribution is -0.147. The number of anilines is 1. The number of aliphatic hydroxyl groups excluding tert-OH is 6. The molecule has 15 N–H and O–H groups in total. The average Bonchev–Trinajstić information content (AvgIpc) is 4.14. The number of carbonyl (C=O) groups excluding carboxylic acids is 8. The highest BCUT2D eigenvalue weighted by atomic mass is 16.4. The van der Waals surface area contributed by atoms with Crippen LogP contribution in [0.1, 0.15) is 123 Å². The van der Waals surface area contributed by atoms with Crippen LogP contribution in [-0.4, -0.2) is 202 Å². The summed E-state index contributed by atoms with van der Waals surface area (Å²) < 4.78 is 0. The minimum absolute atomic E-state index is 0.0134. The number of aromatic hydroxyl groups is 1. The fraction of sp³-hybridized carbons (Fsp3) is 0.643. The van der Waals surface area contributed by atoms with E-state index in [2.05, 4.69) is 52.7 Å². The molecule has 0 radical (unpaired) electrons. The molecule has 3 aliphatic rings. The summed E-state index contributed by atoms with van der Waals surface area (Å²) >= 11 is 0. The lowest BCUT2D eigenvalue weighted by Crippen LogP contribution is -2.64. The van der Waals surface area contributed by atoms with Crippen molar-refractivity contribution in [2.24, 2.45) is 11.8 Å². The Morgan fingerprint density at radius 3 is 1.96 bits per heavy atom. The van der Waals surface area contributed by atoms with Gasteiger partial charge in [0, 0.05) is 51.0 Å². The van der Waals surface area contributed by atoms with Crippen LogP contribution < -0.4 is 37.4 Å². The molecule has 0 aliphatic carbocycles. The van der Waals surface area contributed by atoms with Crippen LogP contribution in [0.15, 0.2) is 48.5 Å². The fourth-order valence-corrected chi connectivity index (χ4v) is 10.7. The van der Waals surface area contributed by atoms with E-state index in [-0.39, 0.29) is 36.3 Å². The number of rotatable bonds is 22. The maximum absolute atomic E-state index is 14.8. The first-order valence-corrected chi connectivity index (χ1v) is 28.6. The number of phenolic OH excluding ortho intramolecular Hbond substituents is 1. The van der Waals surface area contributed by atoms with Crippen molar-refractivity contribution in [3.63, 3.8) is 0 Å². The van der Waals surface area contributed by atoms with E-state index < -0.39 is 166 Å². The molecule has 0 aromatic heterocycles. The standard InChI is InChI=1S/C56H85BN8O17/c1-5-31(2)24-32(3)12-10-8-6-7-9-11-13-45(73)60-40-26-38(68)29-58-54(78)50-42(70)22-23-64(50)56(80)49(44(72)28-46(74)59-36-18-16-35(17-19-36)57(81)82)63-53(77)48(43(71)25-34-14-20-37(67)21-15-34)62-52(76)41-27-39(69)30-65(41)55(79)47(33(4)66)61-51(40)75/h14-21,31-33,38-44,47-50,66-72,81-82H,5-13,22-30H2,1-4H3,(H,58,78)(H,59,74)(H,60,73)(H,61,75)(H,62,76)(H,63,77)/t31-,32+,33+,38+,39+,40-,41-,42-,43+,44+,47-,48-,49-,50-/m0/s1. The summed E-state index contributed by atoms with van der Waals surface area (Å²) in [6.45, 7) is 6.37. The van der Waals surface area contributed by atoms with Crippen LogP contribution in [0.3, 0.4) is 0 Å². The molecule has 0 bridgehead atoms. The molecule has 0 spiro atoms. The zero-order valence-electron chi connectivity index (χ0n) is 47.2. The summed E-state index contributed by atoms with van der Waals surface area (Å²) in [5.74, 6) is -7.24. The summed E-state index contributed by atoms with van der Waals surface area (Å²) in [7, 11) is -1.82. The van der Waals surface area contributed by atoms with Gasteiger partial charge in [-0.25, -0.2) is 0 Å². The van der Waals surface area contributed by atoms with Gasteiger partial charge in [-0.2, -0.15) is 0 Å². The first-order valence-electron chi connectivity index (χ1n) is 28.6. The lowest BCUT2D eigenvalue weighted by Gasteiger charge is -2.34. The number of nitrogens with zero attached hydrogens (tertiary/aromatic N) is 2. The van der Waals surface area contributed by atoms with Crippen LogP contribution in [0.2, 0.25) is 0 Å². The number of phenols is 1. The van der Waals surface area contributed by atoms with E-state index >= 15 is 0 Å². The normalized spacial score (nSPS) is 26.1. The zero-order chi connectivity index (χ0) is 60.4. The Morgan fingerprint density at radius 1 is 0.695 bits per heavy atom. The molecule has 14 atom stereocenters. The molecule has 25 nitrogen and oxygen atoms in total. The van der Waals surface area contributed by atoms with E-state index in [4.69, 9.17) is 0 Å². The first kappa shape index (κ1) is 66.5. The van der Waals surface area contributed by atoms with Crippen molar-refractivity contribution in [2.45, 2.75) is 197 Å². The van der Waals surface area contributed by atoms with Crippen LogP contribution in [0.5, 0.6) is 5.75 Å². The fourth-order valence-electron chi connectivity index (χ4n) is 10.7. The van der Waals surface area contributed by atoms with Crippen molar-refractivity contribution >= 4 is 65.5 Å². The number of hydrogen-bond donors (Lipinski definition) is 15. The van der Waals surface area contributed by atoms with Gasteiger partial charge >= 0.3 is 7.12 Å². The molecule has 0 unspecified atom stereocenters. The molecule has 2 aromatic carbocycles. The predicted molar refractivity (Wildman–Crippen MR) is 299 cm³/mol. The largest absolute Gasteiger partial charge is 0.508 e. The molecule has 2 aromatic rings. The van der Waals surface area contributed by atoms with Gasteiger partial charge in [-0.05, 0) is 73.3 Å². The van der Waals surface area contributed by atoms with Gasteiger partial charge in [-0.15, -0.1) is 0 Å². The molecule has 3 saturated heterocycles. The molecule has 26 heteroatoms. The van der Waals surface area contributed by atoms with Crippen LogP contribution in [0.4, 0.5) is 5.69 Å². The third-order valence-electron chi connectivity index (χ3n) is 15.5. The molecule has 82 heavy (non-hydrogen) atoms. The summed E-state index contributed by atoms with van der Waals surface area (Å²) in [6, 6.07) is -0.517. The van der Waals surface area contributed by atoms with Crippen molar-refractivity contribution in [2.75, 3.05) is 25.0 Å². The summed E-state index contributed by atoms with van der Waals surface area (Å²) in [4.78, 5) is 115. The van der Waals surface area contributed by atoms with Crippen molar-refractivity contribution in [3.8, 4) is 5.75 Å². The molecule has 454 valence electrons. The second-order valence-electron chi connectivity index (χ2n) is 22.5. The Kier molecular flexibility index (Phi) is 26.0. The van der Waals surface area contributed by atoms with Crippen molar-refractivity contribution in [1.29, 1.82) is 0 Å². The maximum atomic E-state index is 14.8. The number of carbonyl (C=O) groups is 8. The number of aliphatic hydroxyl groups is 6. The SMILES string of the molecule is CC[C@H](C)C[C@H](C)CCCCCCCCC(=O)N[C@H]1C[C@@H](O)CNC(=O)[C@@H]2[C@@H](O)CCN2C(=O)[C@H]([C@H](O)CC(=O)Nc2ccc(B(O)O)cc2)NC(=O)[C@H]([C@H](O)Cc2ccc(O)cc2)NC(=O)[C@@H]2C[C@@H](O)CN2C(=O)[C@H]([C@@H](C)O)NC1=O. The second kappa shape index (κ2) is 32.0. The third kappa shape index (κ3) is 19.7. The summed E-state index contributed by atoms with van der Waals surface area (Å²) in [5, 5.41) is 112. The van der Waals surface area contributed by atoms with Crippen molar-refractivity contribution in [3.05, 3.63) is 54.1 Å². The number of β-amino-alcohol motifs (C(OH)–C–C–N with tert-alkyl or cyclic N) is 1. The molecule has 5 rings (SSSR count). The van der Waals surface area contributed by atoms with Gasteiger partial charge in [-0.1, -0.05) is 90.0 Å². The Bertz CT molecular complexity index is 2460. The van der Waals surface area contributed by atoms with Crippen LogP contribution >= 0.6 is 0 Å². The summed E-state index contributed by atoms with van der Waals surface area (Å²) in [5.41, 5.74) is 0.525. The van der Waals surface area contributed by atoms with Gasteiger partial charge in [0.2, 0.25) is 47.3 Å². The van der Waals surface area contributed by atoms with E-state index in [1.54, 1.807) is 0 Å². The molecular formula is C56H85BN8O17. The molecule has 3 heterocycles. The van der Waals surface area contributed by atoms with Gasteiger partial charge in [0.25, 0.3) is 0 Å². The highest BCUT2D eigenvalue weighted by Gasteiger charge is 2.48. The average molecular weight is 1150 g/mol. The van der Waals surface area contributed by atoms with Crippen molar-refractivity contribution in [1.82, 2.24) is 36.4 Å². The maximum Gasteiger partial charge on any atom is 0.488 e. The minimum Gasteiger partial charge on any atom is -0.508 e. The molecule has 3 aliphatic heterocycles. The van der Waals surface area contributed by atoms with Gasteiger partial charge in [-0.3, -0.25) is 38.4 Å². The Balaban J connectivity index is 1.45. The summed E-state index contributed by atoms with van der Waals surface area (Å²) in [6.07, 6.45) is -4.25. The van der Waals surface area contributed by atoms with E-state index in [0.29, 0.717) is 23.8 Å². The van der Waals surface area contributed by atoms with E-state index in [1.807, 2.05) is 0 Å². The van der Waals surface area contributed by atoms with Gasteiger partial charge in [0.1, 0.15) is 42.0 Å². The Hall–Kier alpha value is -6.26. The highest BCUT2D eigenvalue weighted by molar-refractivity contribution is 6.58. The molecule has 0 saturated carbocycles.